The maximum absolute atomic E-state index is 2.34. The van der Waals surface area contributed by atoms with Crippen molar-refractivity contribution < 1.29 is 0 Å². The molecule has 0 heteroatoms. The first-order valence-electron chi connectivity index (χ1n) is 11.6. The predicted molar refractivity (Wildman–Crippen MR) is 143 cm³/mol. The number of fused-ring (bicyclic) bond motifs is 1. The highest BCUT2D eigenvalue weighted by molar-refractivity contribution is 5.98. The topological polar surface area (TPSA) is 0 Å². The molecule has 0 aliphatic heterocycles. The van der Waals surface area contributed by atoms with Crippen LogP contribution in [0.3, 0.4) is 0 Å². The number of hydrogen-bond acceptors (Lipinski definition) is 0. The molecule has 0 saturated heterocycles. The van der Waals surface area contributed by atoms with Crippen molar-refractivity contribution in [1.29, 1.82) is 0 Å². The van der Waals surface area contributed by atoms with Crippen LogP contribution in [-0.2, 0) is 0 Å². The highest BCUT2D eigenvalue weighted by Crippen LogP contribution is 2.37. The molecule has 0 aromatic heterocycles. The van der Waals surface area contributed by atoms with Crippen molar-refractivity contribution in [2.45, 2.75) is 41.5 Å². The van der Waals surface area contributed by atoms with Gasteiger partial charge in [-0.2, -0.15) is 0 Å². The van der Waals surface area contributed by atoms with Crippen molar-refractivity contribution in [3.63, 3.8) is 0 Å². The van der Waals surface area contributed by atoms with Crippen molar-refractivity contribution in [3.8, 4) is 0 Å². The first-order chi connectivity index (χ1) is 15.6. The number of rotatable bonds is 4. The lowest BCUT2D eigenvalue weighted by Gasteiger charge is -2.20. The van der Waals surface area contributed by atoms with Gasteiger partial charge in [-0.3, -0.25) is 0 Å². The molecule has 0 N–H and O–H groups in total. The fraction of sp³-hybridized carbons (Fsp3) is 0.188. The number of hydrogen-bond donors (Lipinski definition) is 0. The van der Waals surface area contributed by atoms with Crippen molar-refractivity contribution in [2.24, 2.45) is 0 Å². The van der Waals surface area contributed by atoms with Crippen LogP contribution in [0.5, 0.6) is 0 Å². The molecular formula is C32H34. The fourth-order valence-corrected chi connectivity index (χ4v) is 4.39. The maximum Gasteiger partial charge on any atom is -0.00734 e. The Bertz CT molecular complexity index is 1250. The summed E-state index contributed by atoms with van der Waals surface area (Å²) in [5.74, 6) is 0. The molecule has 0 heterocycles. The molecule has 0 radical (unpaired) electrons. The van der Waals surface area contributed by atoms with Crippen molar-refractivity contribution >= 4 is 21.9 Å². The number of aryl methyl sites for hydroxylation is 2. The zero-order chi connectivity index (χ0) is 23.1. The summed E-state index contributed by atoms with van der Waals surface area (Å²) in [6, 6.07) is 32.7. The summed E-state index contributed by atoms with van der Waals surface area (Å²) < 4.78 is 0. The van der Waals surface area contributed by atoms with E-state index in [9.17, 15) is 0 Å². The molecular weight excluding hydrogens is 384 g/mol. The fourth-order valence-electron chi connectivity index (χ4n) is 4.39. The Morgan fingerprint density at radius 1 is 0.625 bits per heavy atom. The van der Waals surface area contributed by atoms with Crippen LogP contribution in [0, 0.1) is 13.8 Å². The summed E-state index contributed by atoms with van der Waals surface area (Å²) in [6.45, 7) is 12.8. The summed E-state index contributed by atoms with van der Waals surface area (Å²) in [4.78, 5) is 0. The van der Waals surface area contributed by atoms with E-state index in [4.69, 9.17) is 0 Å². The third-order valence-corrected chi connectivity index (χ3v) is 5.93. The molecule has 4 aromatic carbocycles. The minimum absolute atomic E-state index is 1.25. The molecule has 0 nitrogen and oxygen atoms in total. The zero-order valence-electron chi connectivity index (χ0n) is 20.2. The van der Waals surface area contributed by atoms with Gasteiger partial charge in [0.15, 0.2) is 0 Å². The minimum atomic E-state index is 1.25. The van der Waals surface area contributed by atoms with E-state index in [1.807, 2.05) is 13.8 Å². The standard InChI is InChI=1S/C30H28.C2H6/c1-5-27(29-20-26-17-11-10-16-25(26)19-22(29)3)23(4)30(24-14-7-6-8-15-24)28-18-12-9-13-21(28)2;1-2/h5-20H,1-4H3;1-2H3/b27-5-,30-23+;. The van der Waals surface area contributed by atoms with Gasteiger partial charge in [-0.25, -0.2) is 0 Å². The molecule has 0 amide bonds. The highest BCUT2D eigenvalue weighted by atomic mass is 14.2. The van der Waals surface area contributed by atoms with Crippen molar-refractivity contribution in [2.75, 3.05) is 0 Å². The highest BCUT2D eigenvalue weighted by Gasteiger charge is 2.16. The van der Waals surface area contributed by atoms with Gasteiger partial charge < -0.3 is 0 Å². The molecule has 0 unspecified atom stereocenters. The van der Waals surface area contributed by atoms with E-state index in [0.29, 0.717) is 0 Å². The van der Waals surface area contributed by atoms with E-state index in [1.54, 1.807) is 0 Å². The third kappa shape index (κ3) is 4.75. The molecule has 0 spiro atoms. The van der Waals surface area contributed by atoms with Crippen LogP contribution in [0.15, 0.2) is 103 Å². The number of benzene rings is 4. The SMILES string of the molecule is C/C=C(/C(C)=C(\c1ccccc1)c1ccccc1C)c1cc2ccccc2cc1C.CC. The molecule has 0 aliphatic carbocycles. The Kier molecular flexibility index (Phi) is 7.84. The lowest BCUT2D eigenvalue weighted by Crippen LogP contribution is -1.99. The normalized spacial score (nSPS) is 12.1. The monoisotopic (exact) mass is 418 g/mol. The van der Waals surface area contributed by atoms with E-state index in [1.165, 1.54) is 55.3 Å². The average Bonchev–Trinajstić information content (AvgIpc) is 2.83. The smallest absolute Gasteiger partial charge is 0.00734 e. The van der Waals surface area contributed by atoms with Gasteiger partial charge in [0.25, 0.3) is 0 Å². The zero-order valence-corrected chi connectivity index (χ0v) is 20.2. The van der Waals surface area contributed by atoms with Gasteiger partial charge in [-0.05, 0) is 89.1 Å². The Morgan fingerprint density at radius 3 is 1.81 bits per heavy atom. The summed E-state index contributed by atoms with van der Waals surface area (Å²) in [5.41, 5.74) is 10.3. The molecule has 4 aromatic rings. The summed E-state index contributed by atoms with van der Waals surface area (Å²) >= 11 is 0. The lowest BCUT2D eigenvalue weighted by molar-refractivity contribution is 1.37. The molecule has 32 heavy (non-hydrogen) atoms. The largest absolute Gasteiger partial charge is 0.0795 e. The van der Waals surface area contributed by atoms with Crippen LogP contribution in [0.4, 0.5) is 0 Å². The van der Waals surface area contributed by atoms with Crippen LogP contribution in [-0.4, -0.2) is 0 Å². The molecule has 0 aliphatic rings. The Morgan fingerprint density at radius 2 is 1.19 bits per heavy atom. The van der Waals surface area contributed by atoms with E-state index in [-0.39, 0.29) is 0 Å². The predicted octanol–water partition coefficient (Wildman–Crippen LogP) is 9.41. The molecule has 4 rings (SSSR count). The summed E-state index contributed by atoms with van der Waals surface area (Å²) in [5, 5.41) is 2.57. The molecule has 0 bridgehead atoms. The molecule has 0 fully saturated rings. The Labute approximate surface area is 194 Å². The Hall–Kier alpha value is -3.38. The van der Waals surface area contributed by atoms with Crippen molar-refractivity contribution in [1.82, 2.24) is 0 Å². The summed E-state index contributed by atoms with van der Waals surface area (Å²) in [6.07, 6.45) is 2.26. The first-order valence-corrected chi connectivity index (χ1v) is 11.6. The number of allylic oxidation sites excluding steroid dienone is 3. The van der Waals surface area contributed by atoms with Gasteiger partial charge >= 0.3 is 0 Å². The summed E-state index contributed by atoms with van der Waals surface area (Å²) in [7, 11) is 0. The van der Waals surface area contributed by atoms with Crippen LogP contribution < -0.4 is 0 Å². The third-order valence-electron chi connectivity index (χ3n) is 5.93. The first kappa shape index (κ1) is 23.3. The van der Waals surface area contributed by atoms with Gasteiger partial charge in [0.2, 0.25) is 0 Å². The van der Waals surface area contributed by atoms with Crippen LogP contribution in [0.1, 0.15) is 55.5 Å². The van der Waals surface area contributed by atoms with Gasteiger partial charge in [-0.1, -0.05) is 105 Å². The second-order valence-electron chi connectivity index (χ2n) is 7.90. The lowest BCUT2D eigenvalue weighted by atomic mass is 9.84. The van der Waals surface area contributed by atoms with Crippen molar-refractivity contribution in [3.05, 3.63) is 130 Å². The minimum Gasteiger partial charge on any atom is -0.0795 e. The second-order valence-corrected chi connectivity index (χ2v) is 7.90. The molecule has 162 valence electrons. The van der Waals surface area contributed by atoms with Gasteiger partial charge in [0.1, 0.15) is 0 Å². The van der Waals surface area contributed by atoms with Crippen LogP contribution in [0.2, 0.25) is 0 Å². The van der Waals surface area contributed by atoms with E-state index >= 15 is 0 Å². The average molecular weight is 419 g/mol. The van der Waals surface area contributed by atoms with Gasteiger partial charge in [-0.15, -0.1) is 0 Å². The van der Waals surface area contributed by atoms with Crippen LogP contribution >= 0.6 is 0 Å². The Balaban J connectivity index is 0.00000141. The second kappa shape index (κ2) is 10.8. The van der Waals surface area contributed by atoms with E-state index in [2.05, 4.69) is 125 Å². The van der Waals surface area contributed by atoms with Gasteiger partial charge in [0, 0.05) is 0 Å². The maximum atomic E-state index is 2.34. The van der Waals surface area contributed by atoms with Gasteiger partial charge in [0.05, 0.1) is 0 Å². The quantitative estimate of drug-likeness (QED) is 0.289. The molecule has 0 atom stereocenters. The van der Waals surface area contributed by atoms with E-state index in [0.717, 1.165) is 0 Å². The van der Waals surface area contributed by atoms with Crippen LogP contribution in [0.25, 0.3) is 21.9 Å². The molecule has 0 saturated carbocycles. The van der Waals surface area contributed by atoms with E-state index < -0.39 is 0 Å².